The molecular formula is C14H18BrN3O. The van der Waals surface area contributed by atoms with Crippen LogP contribution in [0.4, 0.5) is 0 Å². The molecule has 0 aliphatic rings. The summed E-state index contributed by atoms with van der Waals surface area (Å²) in [6, 6.07) is 2.03. The fourth-order valence-corrected chi connectivity index (χ4v) is 2.36. The van der Waals surface area contributed by atoms with E-state index >= 15 is 0 Å². The Morgan fingerprint density at radius 1 is 1.42 bits per heavy atom. The van der Waals surface area contributed by atoms with Gasteiger partial charge < -0.3 is 9.72 Å². The van der Waals surface area contributed by atoms with E-state index in [1.165, 1.54) is 0 Å². The average Bonchev–Trinajstić information content (AvgIpc) is 2.67. The van der Waals surface area contributed by atoms with Crippen LogP contribution in [0, 0.1) is 12.3 Å². The Labute approximate surface area is 121 Å². The van der Waals surface area contributed by atoms with E-state index in [9.17, 15) is 4.79 Å². The summed E-state index contributed by atoms with van der Waals surface area (Å²) in [6.45, 7) is 8.16. The van der Waals surface area contributed by atoms with Crippen LogP contribution in [-0.4, -0.2) is 15.3 Å². The van der Waals surface area contributed by atoms with Crippen LogP contribution in [0.2, 0.25) is 0 Å². The topological polar surface area (TPSA) is 46.4 Å². The third-order valence-electron chi connectivity index (χ3n) is 2.86. The van der Waals surface area contributed by atoms with Crippen LogP contribution >= 0.6 is 15.9 Å². The fraction of sp³-hybridized carbons (Fsp3) is 0.429. The van der Waals surface area contributed by atoms with Gasteiger partial charge in [0, 0.05) is 22.3 Å². The van der Waals surface area contributed by atoms with Crippen LogP contribution in [0.1, 0.15) is 32.0 Å². The van der Waals surface area contributed by atoms with Gasteiger partial charge in [-0.15, -0.1) is 0 Å². The van der Waals surface area contributed by atoms with E-state index in [-0.39, 0.29) is 11.3 Å². The predicted octanol–water partition coefficient (Wildman–Crippen LogP) is 3.07. The van der Waals surface area contributed by atoms with E-state index in [2.05, 4.69) is 26.2 Å². The number of halogens is 1. The lowest BCUT2D eigenvalue weighted by Crippen LogP contribution is -2.34. The lowest BCUT2D eigenvalue weighted by atomic mass is 9.96. The molecule has 0 unspecified atom stereocenters. The maximum atomic E-state index is 11.8. The van der Waals surface area contributed by atoms with Gasteiger partial charge in [0.15, 0.2) is 0 Å². The zero-order valence-electron chi connectivity index (χ0n) is 11.6. The van der Waals surface area contributed by atoms with Gasteiger partial charge in [-0.1, -0.05) is 20.8 Å². The highest BCUT2D eigenvalue weighted by molar-refractivity contribution is 9.10. The van der Waals surface area contributed by atoms with E-state index < -0.39 is 0 Å². The van der Waals surface area contributed by atoms with E-state index in [0.717, 1.165) is 21.4 Å². The Morgan fingerprint density at radius 3 is 2.74 bits per heavy atom. The van der Waals surface area contributed by atoms with Gasteiger partial charge >= 0.3 is 0 Å². The first-order valence-electron chi connectivity index (χ1n) is 6.19. The summed E-state index contributed by atoms with van der Waals surface area (Å²) in [7, 11) is 0. The molecule has 102 valence electrons. The molecule has 0 aliphatic heterocycles. The molecule has 1 amide bonds. The zero-order chi connectivity index (χ0) is 14.2. The number of carbonyl (C=O) groups is 1. The first kappa shape index (κ1) is 14.1. The summed E-state index contributed by atoms with van der Waals surface area (Å²) >= 11 is 3.46. The Balaban J connectivity index is 2.19. The molecule has 4 nitrogen and oxygen atoms in total. The van der Waals surface area contributed by atoms with Crippen molar-refractivity contribution < 1.29 is 4.79 Å². The van der Waals surface area contributed by atoms with Crippen molar-refractivity contribution in [1.29, 1.82) is 0 Å². The number of hydrogen-bond acceptors (Lipinski definition) is 2. The second-order valence-electron chi connectivity index (χ2n) is 5.74. The Bertz CT molecular complexity index is 625. The van der Waals surface area contributed by atoms with Gasteiger partial charge in [-0.2, -0.15) is 0 Å². The molecule has 19 heavy (non-hydrogen) atoms. The van der Waals surface area contributed by atoms with Gasteiger partial charge in [-0.3, -0.25) is 4.79 Å². The quantitative estimate of drug-likeness (QED) is 0.923. The van der Waals surface area contributed by atoms with Gasteiger partial charge in [0.1, 0.15) is 5.65 Å². The molecule has 2 aromatic heterocycles. The van der Waals surface area contributed by atoms with Crippen LogP contribution in [0.25, 0.3) is 5.65 Å². The molecule has 0 aliphatic carbocycles. The van der Waals surface area contributed by atoms with Crippen molar-refractivity contribution in [3.8, 4) is 0 Å². The number of pyridine rings is 1. The summed E-state index contributed by atoms with van der Waals surface area (Å²) in [4.78, 5) is 16.4. The number of aryl methyl sites for hydroxylation is 1. The van der Waals surface area contributed by atoms with Crippen molar-refractivity contribution in [1.82, 2.24) is 14.7 Å². The van der Waals surface area contributed by atoms with E-state index in [1.54, 1.807) is 0 Å². The third-order valence-corrected chi connectivity index (χ3v) is 3.30. The molecule has 0 spiro atoms. The molecule has 2 aromatic rings. The lowest BCUT2D eigenvalue weighted by Gasteiger charge is -2.16. The van der Waals surface area contributed by atoms with E-state index in [4.69, 9.17) is 0 Å². The van der Waals surface area contributed by atoms with Crippen LogP contribution < -0.4 is 5.32 Å². The summed E-state index contributed by atoms with van der Waals surface area (Å²) in [5.41, 5.74) is 2.50. The number of hydrogen-bond donors (Lipinski definition) is 1. The number of aromatic nitrogens is 2. The van der Waals surface area contributed by atoms with Crippen LogP contribution in [0.15, 0.2) is 22.9 Å². The standard InChI is InChI=1S/C14H18BrN3O/c1-9-5-10(15)7-18-8-11(17-12(9)18)6-16-13(19)14(2,3)4/h5,7-8H,6H2,1-4H3,(H,16,19). The molecule has 2 rings (SSSR count). The van der Waals surface area contributed by atoms with Crippen molar-refractivity contribution in [3.05, 3.63) is 34.2 Å². The Morgan fingerprint density at radius 2 is 2.11 bits per heavy atom. The highest BCUT2D eigenvalue weighted by Crippen LogP contribution is 2.17. The van der Waals surface area contributed by atoms with Crippen LogP contribution in [-0.2, 0) is 11.3 Å². The van der Waals surface area contributed by atoms with Crippen molar-refractivity contribution >= 4 is 27.5 Å². The third kappa shape index (κ3) is 3.15. The van der Waals surface area contributed by atoms with Gasteiger partial charge in [0.2, 0.25) is 5.91 Å². The molecule has 0 saturated heterocycles. The second kappa shape index (κ2) is 4.96. The summed E-state index contributed by atoms with van der Waals surface area (Å²) < 4.78 is 2.98. The molecule has 1 N–H and O–H groups in total. The first-order valence-corrected chi connectivity index (χ1v) is 6.99. The van der Waals surface area contributed by atoms with Crippen molar-refractivity contribution in [2.24, 2.45) is 5.41 Å². The fourth-order valence-electron chi connectivity index (χ4n) is 1.80. The maximum Gasteiger partial charge on any atom is 0.225 e. The lowest BCUT2D eigenvalue weighted by molar-refractivity contribution is -0.128. The monoisotopic (exact) mass is 323 g/mol. The molecule has 0 atom stereocenters. The van der Waals surface area contributed by atoms with Crippen molar-refractivity contribution in [2.75, 3.05) is 0 Å². The number of imidazole rings is 1. The number of amides is 1. The summed E-state index contributed by atoms with van der Waals surface area (Å²) in [6.07, 6.45) is 3.90. The molecule has 0 fully saturated rings. The van der Waals surface area contributed by atoms with Crippen LogP contribution in [0.3, 0.4) is 0 Å². The van der Waals surface area contributed by atoms with Gasteiger partial charge in [-0.05, 0) is 34.5 Å². The predicted molar refractivity (Wildman–Crippen MR) is 78.9 cm³/mol. The highest BCUT2D eigenvalue weighted by atomic mass is 79.9. The Kier molecular flexibility index (Phi) is 3.67. The zero-order valence-corrected chi connectivity index (χ0v) is 13.2. The Hall–Kier alpha value is -1.36. The molecule has 2 heterocycles. The molecular weight excluding hydrogens is 306 g/mol. The van der Waals surface area contributed by atoms with Gasteiger partial charge in [-0.25, -0.2) is 4.98 Å². The van der Waals surface area contributed by atoms with Crippen molar-refractivity contribution in [2.45, 2.75) is 34.2 Å². The number of nitrogens with zero attached hydrogens (tertiary/aromatic N) is 2. The second-order valence-corrected chi connectivity index (χ2v) is 6.65. The number of carbonyl (C=O) groups excluding carboxylic acids is 1. The molecule has 5 heteroatoms. The molecule has 0 aromatic carbocycles. The highest BCUT2D eigenvalue weighted by Gasteiger charge is 2.20. The van der Waals surface area contributed by atoms with Crippen LogP contribution in [0.5, 0.6) is 0 Å². The maximum absolute atomic E-state index is 11.8. The first-order chi connectivity index (χ1) is 8.77. The normalized spacial score (nSPS) is 11.8. The average molecular weight is 324 g/mol. The SMILES string of the molecule is Cc1cc(Br)cn2cc(CNC(=O)C(C)(C)C)nc12. The van der Waals surface area contributed by atoms with E-state index in [0.29, 0.717) is 6.54 Å². The van der Waals surface area contributed by atoms with E-state index in [1.807, 2.05) is 50.6 Å². The summed E-state index contributed by atoms with van der Waals surface area (Å²) in [5.74, 6) is 0.0301. The minimum atomic E-state index is -0.377. The number of rotatable bonds is 2. The minimum Gasteiger partial charge on any atom is -0.350 e. The van der Waals surface area contributed by atoms with Gasteiger partial charge in [0.05, 0.1) is 12.2 Å². The minimum absolute atomic E-state index is 0.0301. The number of fused-ring (bicyclic) bond motifs is 1. The van der Waals surface area contributed by atoms with Crippen molar-refractivity contribution in [3.63, 3.8) is 0 Å². The number of nitrogens with one attached hydrogen (secondary N) is 1. The molecule has 0 bridgehead atoms. The summed E-state index contributed by atoms with van der Waals surface area (Å²) in [5, 5.41) is 2.91. The molecule has 0 saturated carbocycles. The van der Waals surface area contributed by atoms with Gasteiger partial charge in [0.25, 0.3) is 0 Å². The molecule has 0 radical (unpaired) electrons. The largest absolute Gasteiger partial charge is 0.350 e. The smallest absolute Gasteiger partial charge is 0.225 e.